The smallest absolute Gasteiger partial charge is 0.324 e. The van der Waals surface area contributed by atoms with E-state index in [1.54, 1.807) is 0 Å². The lowest BCUT2D eigenvalue weighted by molar-refractivity contribution is -0.143. The number of rotatable bonds is 5. The maximum Gasteiger partial charge on any atom is 0.324 e. The summed E-state index contributed by atoms with van der Waals surface area (Å²) in [5, 5.41) is 9.04. The third-order valence-corrected chi connectivity index (χ3v) is 2.38. The highest BCUT2D eigenvalue weighted by molar-refractivity contribution is 5.78. The fraction of sp³-hybridized carbons (Fsp3) is 0.364. The molecular weight excluding hydrogens is 192 g/mol. The molecular formula is C11H16N2O2. The minimum atomic E-state index is -1.25. The molecule has 0 aliphatic heterocycles. The molecule has 1 aromatic carbocycles. The molecule has 0 saturated heterocycles. The molecule has 0 radical (unpaired) electrons. The molecule has 15 heavy (non-hydrogen) atoms. The van der Waals surface area contributed by atoms with E-state index < -0.39 is 11.5 Å². The van der Waals surface area contributed by atoms with E-state index in [0.717, 1.165) is 5.56 Å². The highest BCUT2D eigenvalue weighted by Crippen LogP contribution is 2.14. The molecule has 5 N–H and O–H groups in total. The van der Waals surface area contributed by atoms with Gasteiger partial charge in [0.05, 0.1) is 0 Å². The molecule has 0 fully saturated rings. The second-order valence-corrected chi connectivity index (χ2v) is 3.66. The van der Waals surface area contributed by atoms with Gasteiger partial charge in [0.1, 0.15) is 5.54 Å². The van der Waals surface area contributed by atoms with E-state index in [1.165, 1.54) is 0 Å². The summed E-state index contributed by atoms with van der Waals surface area (Å²) >= 11 is 0. The second kappa shape index (κ2) is 4.91. The summed E-state index contributed by atoms with van der Waals surface area (Å²) in [4.78, 5) is 11.0. The Kier molecular flexibility index (Phi) is 3.82. The second-order valence-electron chi connectivity index (χ2n) is 3.66. The third kappa shape index (κ3) is 3.04. The van der Waals surface area contributed by atoms with Crippen LogP contribution >= 0.6 is 0 Å². The number of nitrogens with two attached hydrogens (primary N) is 2. The fourth-order valence-electron chi connectivity index (χ4n) is 1.49. The number of carboxylic acids is 1. The summed E-state index contributed by atoms with van der Waals surface area (Å²) in [5.74, 6) is -1.00. The SMILES string of the molecule is NCCC(N)(Cc1ccccc1)C(=O)O. The van der Waals surface area contributed by atoms with Crippen molar-refractivity contribution >= 4 is 5.97 Å². The molecule has 1 aromatic rings. The van der Waals surface area contributed by atoms with Crippen LogP contribution in [0.5, 0.6) is 0 Å². The van der Waals surface area contributed by atoms with Gasteiger partial charge in [0.25, 0.3) is 0 Å². The Bertz CT molecular complexity index is 327. The minimum Gasteiger partial charge on any atom is -0.480 e. The number of aliphatic carboxylic acids is 1. The first-order valence-corrected chi connectivity index (χ1v) is 4.85. The van der Waals surface area contributed by atoms with Crippen LogP contribution in [-0.2, 0) is 11.2 Å². The summed E-state index contributed by atoms with van der Waals surface area (Å²) in [6.07, 6.45) is 0.581. The van der Waals surface area contributed by atoms with Crippen LogP contribution in [0.25, 0.3) is 0 Å². The van der Waals surface area contributed by atoms with Crippen molar-refractivity contribution in [2.45, 2.75) is 18.4 Å². The van der Waals surface area contributed by atoms with E-state index in [2.05, 4.69) is 0 Å². The zero-order valence-electron chi connectivity index (χ0n) is 8.52. The number of benzene rings is 1. The van der Waals surface area contributed by atoms with Gasteiger partial charge in [-0.25, -0.2) is 0 Å². The van der Waals surface area contributed by atoms with Crippen molar-refractivity contribution in [1.29, 1.82) is 0 Å². The predicted octanol–water partition coefficient (Wildman–Crippen LogP) is 0.360. The molecule has 1 atom stereocenters. The Balaban J connectivity index is 2.80. The monoisotopic (exact) mass is 208 g/mol. The number of carbonyl (C=O) groups is 1. The quantitative estimate of drug-likeness (QED) is 0.651. The molecule has 0 spiro atoms. The van der Waals surface area contributed by atoms with E-state index in [-0.39, 0.29) is 13.0 Å². The van der Waals surface area contributed by atoms with Gasteiger partial charge >= 0.3 is 5.97 Å². The van der Waals surface area contributed by atoms with Crippen LogP contribution in [0, 0.1) is 0 Å². The van der Waals surface area contributed by atoms with Crippen LogP contribution in [0.1, 0.15) is 12.0 Å². The molecule has 0 saturated carbocycles. The van der Waals surface area contributed by atoms with Gasteiger partial charge in [-0.3, -0.25) is 4.79 Å². The standard InChI is InChI=1S/C11H16N2O2/c12-7-6-11(13,10(14)15)8-9-4-2-1-3-5-9/h1-5H,6-8,12-13H2,(H,14,15). The lowest BCUT2D eigenvalue weighted by atomic mass is 9.89. The molecule has 1 unspecified atom stereocenters. The first-order valence-electron chi connectivity index (χ1n) is 4.85. The first-order chi connectivity index (χ1) is 7.08. The van der Waals surface area contributed by atoms with Gasteiger partial charge in [-0.05, 0) is 18.5 Å². The molecule has 4 heteroatoms. The summed E-state index contributed by atoms with van der Waals surface area (Å²) < 4.78 is 0. The molecule has 82 valence electrons. The zero-order chi connectivity index (χ0) is 11.3. The average molecular weight is 208 g/mol. The normalized spacial score (nSPS) is 14.5. The van der Waals surface area contributed by atoms with Crippen LogP contribution in [0.4, 0.5) is 0 Å². The van der Waals surface area contributed by atoms with Gasteiger partial charge in [-0.2, -0.15) is 0 Å². The van der Waals surface area contributed by atoms with E-state index in [0.29, 0.717) is 6.42 Å². The van der Waals surface area contributed by atoms with E-state index >= 15 is 0 Å². The van der Waals surface area contributed by atoms with Gasteiger partial charge in [0.15, 0.2) is 0 Å². The van der Waals surface area contributed by atoms with Crippen molar-refractivity contribution in [1.82, 2.24) is 0 Å². The molecule has 0 aromatic heterocycles. The van der Waals surface area contributed by atoms with Crippen molar-refractivity contribution in [3.05, 3.63) is 35.9 Å². The summed E-state index contributed by atoms with van der Waals surface area (Å²) in [6, 6.07) is 9.33. The van der Waals surface area contributed by atoms with Crippen molar-refractivity contribution in [3.8, 4) is 0 Å². The fourth-order valence-corrected chi connectivity index (χ4v) is 1.49. The molecule has 0 amide bonds. The largest absolute Gasteiger partial charge is 0.480 e. The van der Waals surface area contributed by atoms with Crippen molar-refractivity contribution in [2.24, 2.45) is 11.5 Å². The maximum atomic E-state index is 11.0. The Morgan fingerprint density at radius 3 is 2.40 bits per heavy atom. The molecule has 0 bridgehead atoms. The molecule has 0 aliphatic rings. The van der Waals surface area contributed by atoms with Crippen LogP contribution in [0.3, 0.4) is 0 Å². The maximum absolute atomic E-state index is 11.0. The van der Waals surface area contributed by atoms with E-state index in [9.17, 15) is 4.79 Å². The lowest BCUT2D eigenvalue weighted by Crippen LogP contribution is -2.51. The predicted molar refractivity (Wildman–Crippen MR) is 58.4 cm³/mol. The Labute approximate surface area is 88.9 Å². The van der Waals surface area contributed by atoms with Crippen LogP contribution < -0.4 is 11.5 Å². The highest BCUT2D eigenvalue weighted by Gasteiger charge is 2.33. The van der Waals surface area contributed by atoms with Crippen molar-refractivity contribution < 1.29 is 9.90 Å². The molecule has 0 aliphatic carbocycles. The Morgan fingerprint density at radius 1 is 1.33 bits per heavy atom. The Morgan fingerprint density at radius 2 is 1.93 bits per heavy atom. The molecule has 0 heterocycles. The highest BCUT2D eigenvalue weighted by atomic mass is 16.4. The van der Waals surface area contributed by atoms with Crippen LogP contribution in [0.2, 0.25) is 0 Å². The zero-order valence-corrected chi connectivity index (χ0v) is 8.52. The van der Waals surface area contributed by atoms with E-state index in [4.69, 9.17) is 16.6 Å². The summed E-state index contributed by atoms with van der Waals surface area (Å²) in [5.41, 5.74) is 10.8. The van der Waals surface area contributed by atoms with Crippen LogP contribution in [-0.4, -0.2) is 23.2 Å². The van der Waals surface area contributed by atoms with Crippen LogP contribution in [0.15, 0.2) is 30.3 Å². The summed E-state index contributed by atoms with van der Waals surface area (Å²) in [7, 11) is 0. The lowest BCUT2D eigenvalue weighted by Gasteiger charge is -2.24. The summed E-state index contributed by atoms with van der Waals surface area (Å²) in [6.45, 7) is 0.273. The molecule has 1 rings (SSSR count). The first kappa shape index (κ1) is 11.7. The third-order valence-electron chi connectivity index (χ3n) is 2.38. The van der Waals surface area contributed by atoms with Gasteiger partial charge in [-0.1, -0.05) is 30.3 Å². The Hall–Kier alpha value is -1.39. The minimum absolute atomic E-state index is 0.273. The van der Waals surface area contributed by atoms with Gasteiger partial charge in [-0.15, -0.1) is 0 Å². The van der Waals surface area contributed by atoms with E-state index in [1.807, 2.05) is 30.3 Å². The molecule has 4 nitrogen and oxygen atoms in total. The average Bonchev–Trinajstić information content (AvgIpc) is 2.19. The number of hydrogen-bond acceptors (Lipinski definition) is 3. The van der Waals surface area contributed by atoms with Crippen molar-refractivity contribution in [2.75, 3.05) is 6.54 Å². The number of hydrogen-bond donors (Lipinski definition) is 3. The van der Waals surface area contributed by atoms with Crippen molar-refractivity contribution in [3.63, 3.8) is 0 Å². The van der Waals surface area contributed by atoms with Gasteiger partial charge in [0.2, 0.25) is 0 Å². The topological polar surface area (TPSA) is 89.3 Å². The number of carboxylic acid groups (broad SMARTS) is 1. The van der Waals surface area contributed by atoms with Gasteiger partial charge < -0.3 is 16.6 Å². The van der Waals surface area contributed by atoms with Gasteiger partial charge in [0, 0.05) is 6.42 Å².